The molecule has 0 unspecified atom stereocenters. The molecule has 0 aliphatic carbocycles. The number of hydrogen-bond acceptors (Lipinski definition) is 6. The molecule has 0 spiro atoms. The molecule has 0 bridgehead atoms. The Balaban J connectivity index is 1.84. The second-order valence-corrected chi connectivity index (χ2v) is 7.00. The van der Waals surface area contributed by atoms with E-state index < -0.39 is 14.2 Å². The van der Waals surface area contributed by atoms with Gasteiger partial charge < -0.3 is 20.1 Å². The van der Waals surface area contributed by atoms with E-state index in [4.69, 9.17) is 0 Å². The summed E-state index contributed by atoms with van der Waals surface area (Å²) in [5.41, 5.74) is 4.42. The second kappa shape index (κ2) is 10.4. The fraction of sp³-hybridized carbons (Fsp3) is 0. The van der Waals surface area contributed by atoms with Crippen molar-refractivity contribution < 1.29 is 20.1 Å². The fourth-order valence-electron chi connectivity index (χ4n) is 3.05. The summed E-state index contributed by atoms with van der Waals surface area (Å²) in [6.07, 6.45) is 3.39. The highest BCUT2D eigenvalue weighted by atomic mass is 16.4. The van der Waals surface area contributed by atoms with E-state index in [0.29, 0.717) is 33.2 Å². The topological polar surface area (TPSA) is 128 Å². The molecule has 0 aliphatic rings. The molecule has 0 heterocycles. The summed E-state index contributed by atoms with van der Waals surface area (Å²) in [5, 5.41) is 55.9. The van der Waals surface area contributed by atoms with E-state index in [1.807, 2.05) is 0 Å². The maximum Gasteiger partial charge on any atom is 0.488 e. The molecular formula is C24H18B2N2O4. The third-order valence-electron chi connectivity index (χ3n) is 4.84. The van der Waals surface area contributed by atoms with Gasteiger partial charge in [0.25, 0.3) is 0 Å². The molecule has 0 aliphatic heterocycles. The van der Waals surface area contributed by atoms with Gasteiger partial charge in [-0.3, -0.25) is 0 Å². The van der Waals surface area contributed by atoms with Crippen LogP contribution < -0.4 is 10.9 Å². The van der Waals surface area contributed by atoms with Crippen LogP contribution in [-0.2, 0) is 0 Å². The summed E-state index contributed by atoms with van der Waals surface area (Å²) >= 11 is 0. The van der Waals surface area contributed by atoms with E-state index in [-0.39, 0.29) is 0 Å². The summed E-state index contributed by atoms with van der Waals surface area (Å²) in [6, 6.07) is 24.4. The van der Waals surface area contributed by atoms with Crippen molar-refractivity contribution in [2.75, 3.05) is 0 Å². The molecule has 0 saturated carbocycles. The Hall–Kier alpha value is -3.91. The second-order valence-electron chi connectivity index (χ2n) is 7.00. The molecule has 8 heteroatoms. The van der Waals surface area contributed by atoms with E-state index >= 15 is 0 Å². The zero-order chi connectivity index (χ0) is 23.1. The summed E-state index contributed by atoms with van der Waals surface area (Å²) in [4.78, 5) is 0. The third kappa shape index (κ3) is 5.61. The van der Waals surface area contributed by atoms with Crippen molar-refractivity contribution in [2.24, 2.45) is 0 Å². The molecule has 3 aromatic carbocycles. The van der Waals surface area contributed by atoms with Gasteiger partial charge in [0.05, 0.1) is 23.3 Å². The van der Waals surface area contributed by atoms with Gasteiger partial charge in [-0.25, -0.2) is 0 Å². The molecule has 0 atom stereocenters. The molecule has 3 rings (SSSR count). The van der Waals surface area contributed by atoms with Gasteiger partial charge in [0.2, 0.25) is 0 Å². The SMILES string of the molecule is N#C/C(=C\c1ccc(B(O)O)cc1)c1ccc(/C(C#N)=C/c2ccc(B(O)O)cc2)cc1. The third-order valence-corrected chi connectivity index (χ3v) is 4.84. The first-order chi connectivity index (χ1) is 15.4. The van der Waals surface area contributed by atoms with Crippen molar-refractivity contribution >= 4 is 48.5 Å². The van der Waals surface area contributed by atoms with Crippen molar-refractivity contribution in [1.82, 2.24) is 0 Å². The fourth-order valence-corrected chi connectivity index (χ4v) is 3.05. The summed E-state index contributed by atoms with van der Waals surface area (Å²) in [7, 11) is -3.09. The first kappa shape index (κ1) is 22.8. The Bertz CT molecular complexity index is 1120. The lowest BCUT2D eigenvalue weighted by atomic mass is 9.80. The van der Waals surface area contributed by atoms with Gasteiger partial charge in [-0.05, 0) is 45.3 Å². The van der Waals surface area contributed by atoms with Crippen LogP contribution in [-0.4, -0.2) is 34.3 Å². The average molecular weight is 420 g/mol. The number of nitrogens with zero attached hydrogens (tertiary/aromatic N) is 2. The van der Waals surface area contributed by atoms with Crippen LogP contribution in [0.5, 0.6) is 0 Å². The van der Waals surface area contributed by atoms with Gasteiger partial charge >= 0.3 is 14.2 Å². The monoisotopic (exact) mass is 420 g/mol. The molecule has 6 nitrogen and oxygen atoms in total. The van der Waals surface area contributed by atoms with E-state index in [9.17, 15) is 30.6 Å². The van der Waals surface area contributed by atoms with Crippen molar-refractivity contribution in [2.45, 2.75) is 0 Å². The highest BCUT2D eigenvalue weighted by Crippen LogP contribution is 2.22. The van der Waals surface area contributed by atoms with Crippen molar-refractivity contribution in [3.63, 3.8) is 0 Å². The lowest BCUT2D eigenvalue weighted by Gasteiger charge is -2.05. The largest absolute Gasteiger partial charge is 0.488 e. The number of rotatable bonds is 6. The minimum Gasteiger partial charge on any atom is -0.423 e. The molecule has 32 heavy (non-hydrogen) atoms. The Kier molecular flexibility index (Phi) is 7.41. The molecule has 0 saturated heterocycles. The minimum absolute atomic E-state index is 0.364. The highest BCUT2D eigenvalue weighted by molar-refractivity contribution is 6.58. The molecule has 154 valence electrons. The van der Waals surface area contributed by atoms with Gasteiger partial charge in [0.1, 0.15) is 0 Å². The Morgan fingerprint density at radius 2 is 0.875 bits per heavy atom. The lowest BCUT2D eigenvalue weighted by molar-refractivity contribution is 0.424. The van der Waals surface area contributed by atoms with Crippen LogP contribution in [0.2, 0.25) is 0 Å². The number of benzene rings is 3. The minimum atomic E-state index is -1.54. The van der Waals surface area contributed by atoms with Gasteiger partial charge in [-0.1, -0.05) is 72.8 Å². The number of hydrogen-bond donors (Lipinski definition) is 4. The van der Waals surface area contributed by atoms with E-state index in [2.05, 4.69) is 12.1 Å². The summed E-state index contributed by atoms with van der Waals surface area (Å²) < 4.78 is 0. The average Bonchev–Trinajstić information content (AvgIpc) is 2.81. The van der Waals surface area contributed by atoms with Crippen molar-refractivity contribution in [1.29, 1.82) is 10.5 Å². The van der Waals surface area contributed by atoms with Crippen molar-refractivity contribution in [3.8, 4) is 12.1 Å². The first-order valence-corrected chi connectivity index (χ1v) is 9.68. The summed E-state index contributed by atoms with van der Waals surface area (Å²) in [6.45, 7) is 0. The Labute approximate surface area is 186 Å². The smallest absolute Gasteiger partial charge is 0.423 e. The molecule has 0 amide bonds. The molecule has 0 radical (unpaired) electrons. The van der Waals surface area contributed by atoms with Gasteiger partial charge in [0.15, 0.2) is 0 Å². The predicted molar refractivity (Wildman–Crippen MR) is 126 cm³/mol. The van der Waals surface area contributed by atoms with E-state index in [1.54, 1.807) is 84.9 Å². The van der Waals surface area contributed by atoms with Gasteiger partial charge in [0, 0.05) is 0 Å². The van der Waals surface area contributed by atoms with Crippen LogP contribution in [0, 0.1) is 22.7 Å². The van der Waals surface area contributed by atoms with Crippen LogP contribution in [0.1, 0.15) is 22.3 Å². The quantitative estimate of drug-likeness (QED) is 0.269. The first-order valence-electron chi connectivity index (χ1n) is 9.68. The molecule has 0 aromatic heterocycles. The maximum atomic E-state index is 9.57. The van der Waals surface area contributed by atoms with Crippen LogP contribution in [0.4, 0.5) is 0 Å². The maximum absolute atomic E-state index is 9.57. The van der Waals surface area contributed by atoms with Crippen LogP contribution in [0.3, 0.4) is 0 Å². The zero-order valence-corrected chi connectivity index (χ0v) is 16.9. The Morgan fingerprint density at radius 1 is 0.562 bits per heavy atom. The van der Waals surface area contributed by atoms with Crippen LogP contribution in [0.15, 0.2) is 72.8 Å². The van der Waals surface area contributed by atoms with E-state index in [1.165, 1.54) is 0 Å². The van der Waals surface area contributed by atoms with E-state index in [0.717, 1.165) is 11.1 Å². The highest BCUT2D eigenvalue weighted by Gasteiger charge is 2.11. The molecule has 0 fully saturated rings. The standard InChI is InChI=1S/C24H18B2N2O4/c27-15-21(13-17-1-9-23(10-2-17)25(29)30)19-5-7-20(8-6-19)22(16-28)14-18-3-11-24(12-4-18)26(31)32/h1-14,29-32H/b21-13+,22-14+. The van der Waals surface area contributed by atoms with Crippen LogP contribution in [0.25, 0.3) is 23.3 Å². The Morgan fingerprint density at radius 3 is 1.12 bits per heavy atom. The predicted octanol–water partition coefficient (Wildman–Crippen LogP) is 1.17. The molecule has 4 N–H and O–H groups in total. The molecular weight excluding hydrogens is 402 g/mol. The van der Waals surface area contributed by atoms with Gasteiger partial charge in [-0.15, -0.1) is 0 Å². The zero-order valence-electron chi connectivity index (χ0n) is 16.9. The molecule has 3 aromatic rings. The van der Waals surface area contributed by atoms with Gasteiger partial charge in [-0.2, -0.15) is 10.5 Å². The van der Waals surface area contributed by atoms with Crippen LogP contribution >= 0.6 is 0 Å². The normalized spacial score (nSPS) is 11.4. The summed E-state index contributed by atoms with van der Waals surface area (Å²) in [5.74, 6) is 0. The lowest BCUT2D eigenvalue weighted by Crippen LogP contribution is -2.29. The number of allylic oxidation sites excluding steroid dienone is 2. The number of nitriles is 2. The van der Waals surface area contributed by atoms with Crippen molar-refractivity contribution in [3.05, 3.63) is 95.1 Å².